The number of anilines is 1. The van der Waals surface area contributed by atoms with Crippen LogP contribution in [0.25, 0.3) is 0 Å². The molecular weight excluding hydrogens is 355 g/mol. The highest BCUT2D eigenvalue weighted by molar-refractivity contribution is 7.16. The first kappa shape index (κ1) is 18.2. The molecule has 0 saturated heterocycles. The summed E-state index contributed by atoms with van der Waals surface area (Å²) in [5.74, 6) is -2.23. The molecule has 2 amide bonds. The third-order valence-electron chi connectivity index (χ3n) is 3.06. The number of ether oxygens (including phenoxy) is 1. The van der Waals surface area contributed by atoms with Gasteiger partial charge in [0.2, 0.25) is 0 Å². The van der Waals surface area contributed by atoms with Crippen molar-refractivity contribution in [1.82, 2.24) is 5.32 Å². The predicted molar refractivity (Wildman–Crippen MR) is 92.1 cm³/mol. The van der Waals surface area contributed by atoms with Crippen LogP contribution in [0.3, 0.4) is 0 Å². The first-order valence-corrected chi connectivity index (χ1v) is 8.39. The van der Waals surface area contributed by atoms with E-state index in [1.165, 1.54) is 23.5 Å². The molecule has 2 aromatic rings. The molecule has 5 nitrogen and oxygen atoms in total. The second-order valence-corrected chi connectivity index (χ2v) is 6.62. The third kappa shape index (κ3) is 4.69. The molecule has 1 aromatic heterocycles. The Balaban J connectivity index is 1.96. The van der Waals surface area contributed by atoms with E-state index in [4.69, 9.17) is 16.3 Å². The molecule has 1 heterocycles. The number of thiophene rings is 1. The van der Waals surface area contributed by atoms with E-state index in [0.29, 0.717) is 10.9 Å². The Labute approximate surface area is 147 Å². The molecule has 0 aliphatic rings. The normalized spacial score (nSPS) is 11.7. The highest BCUT2D eigenvalue weighted by Gasteiger charge is 2.18. The van der Waals surface area contributed by atoms with Gasteiger partial charge in [-0.25, -0.2) is 4.39 Å². The van der Waals surface area contributed by atoms with Crippen LogP contribution in [0.1, 0.15) is 24.8 Å². The molecule has 2 N–H and O–H groups in total. The van der Waals surface area contributed by atoms with Crippen LogP contribution in [0, 0.1) is 5.82 Å². The topological polar surface area (TPSA) is 67.4 Å². The number of halogens is 2. The van der Waals surface area contributed by atoms with Gasteiger partial charge in [-0.15, -0.1) is 11.3 Å². The molecule has 0 fully saturated rings. The number of rotatable bonds is 5. The van der Waals surface area contributed by atoms with E-state index in [2.05, 4.69) is 10.6 Å². The molecule has 0 spiro atoms. The maximum atomic E-state index is 13.7. The zero-order chi connectivity index (χ0) is 17.7. The zero-order valence-corrected chi connectivity index (χ0v) is 14.6. The molecule has 0 saturated carbocycles. The molecule has 2 rings (SSSR count). The highest BCUT2D eigenvalue weighted by Crippen LogP contribution is 2.26. The van der Waals surface area contributed by atoms with Crippen molar-refractivity contribution in [2.24, 2.45) is 0 Å². The standard InChI is InChI=1S/C16H16ClFN2O3S/c1-3-23-12-5-4-10(8-11(12)18)20-16(22)15(21)19-9(2)13-6-7-14(17)24-13/h4-9H,3H2,1-2H3,(H,19,21)(H,20,22). The lowest BCUT2D eigenvalue weighted by Gasteiger charge is -2.12. The van der Waals surface area contributed by atoms with Crippen LogP contribution in [0.15, 0.2) is 30.3 Å². The minimum atomic E-state index is -0.881. The minimum absolute atomic E-state index is 0.0862. The van der Waals surface area contributed by atoms with Crippen LogP contribution >= 0.6 is 22.9 Å². The Morgan fingerprint density at radius 1 is 1.29 bits per heavy atom. The number of hydrogen-bond donors (Lipinski definition) is 2. The van der Waals surface area contributed by atoms with Crippen LogP contribution in [0.4, 0.5) is 10.1 Å². The maximum absolute atomic E-state index is 13.7. The monoisotopic (exact) mass is 370 g/mol. The molecule has 128 valence electrons. The lowest BCUT2D eigenvalue weighted by molar-refractivity contribution is -0.136. The quantitative estimate of drug-likeness (QED) is 0.787. The summed E-state index contributed by atoms with van der Waals surface area (Å²) in [6.07, 6.45) is 0. The fraction of sp³-hybridized carbons (Fsp3) is 0.250. The molecule has 0 bridgehead atoms. The zero-order valence-electron chi connectivity index (χ0n) is 13.1. The van der Waals surface area contributed by atoms with Crippen molar-refractivity contribution in [3.63, 3.8) is 0 Å². The summed E-state index contributed by atoms with van der Waals surface area (Å²) in [6.45, 7) is 3.81. The molecule has 0 aliphatic carbocycles. The van der Waals surface area contributed by atoms with Gasteiger partial charge in [0.15, 0.2) is 11.6 Å². The summed E-state index contributed by atoms with van der Waals surface area (Å²) < 4.78 is 19.4. The SMILES string of the molecule is CCOc1ccc(NC(=O)C(=O)NC(C)c2ccc(Cl)s2)cc1F. The molecule has 0 radical (unpaired) electrons. The van der Waals surface area contributed by atoms with Crippen molar-refractivity contribution in [3.05, 3.63) is 45.4 Å². The van der Waals surface area contributed by atoms with Crippen molar-refractivity contribution in [3.8, 4) is 5.75 Å². The van der Waals surface area contributed by atoms with E-state index >= 15 is 0 Å². The highest BCUT2D eigenvalue weighted by atomic mass is 35.5. The van der Waals surface area contributed by atoms with Gasteiger partial charge in [0.05, 0.1) is 17.0 Å². The lowest BCUT2D eigenvalue weighted by Crippen LogP contribution is -2.36. The van der Waals surface area contributed by atoms with Crippen LogP contribution in [0.2, 0.25) is 4.34 Å². The molecular formula is C16H16ClFN2O3S. The Morgan fingerprint density at radius 2 is 2.04 bits per heavy atom. The van der Waals surface area contributed by atoms with Gasteiger partial charge >= 0.3 is 11.8 Å². The van der Waals surface area contributed by atoms with Gasteiger partial charge in [-0.2, -0.15) is 0 Å². The second-order valence-electron chi connectivity index (χ2n) is 4.87. The lowest BCUT2D eigenvalue weighted by atomic mass is 10.2. The first-order chi connectivity index (χ1) is 11.4. The Bertz CT molecular complexity index is 751. The van der Waals surface area contributed by atoms with E-state index in [1.54, 1.807) is 26.0 Å². The van der Waals surface area contributed by atoms with Gasteiger partial charge in [-0.05, 0) is 38.1 Å². The van der Waals surface area contributed by atoms with E-state index in [-0.39, 0.29) is 17.5 Å². The van der Waals surface area contributed by atoms with Crippen molar-refractivity contribution in [1.29, 1.82) is 0 Å². The summed E-state index contributed by atoms with van der Waals surface area (Å²) in [5.41, 5.74) is 0.169. The molecule has 1 unspecified atom stereocenters. The van der Waals surface area contributed by atoms with Gasteiger partial charge in [0.25, 0.3) is 0 Å². The van der Waals surface area contributed by atoms with E-state index in [0.717, 1.165) is 10.9 Å². The first-order valence-electron chi connectivity index (χ1n) is 7.20. The average molecular weight is 371 g/mol. The minimum Gasteiger partial charge on any atom is -0.491 e. The fourth-order valence-corrected chi connectivity index (χ4v) is 3.00. The molecule has 8 heteroatoms. The van der Waals surface area contributed by atoms with Gasteiger partial charge in [-0.3, -0.25) is 9.59 Å². The van der Waals surface area contributed by atoms with Crippen molar-refractivity contribution in [2.45, 2.75) is 19.9 Å². The van der Waals surface area contributed by atoms with Gasteiger partial charge in [-0.1, -0.05) is 11.6 Å². The average Bonchev–Trinajstić information content (AvgIpc) is 2.96. The number of carbonyl (C=O) groups is 2. The summed E-state index contributed by atoms with van der Waals surface area (Å²) in [4.78, 5) is 24.7. The smallest absolute Gasteiger partial charge is 0.313 e. The molecule has 1 atom stereocenters. The fourth-order valence-electron chi connectivity index (χ4n) is 1.93. The maximum Gasteiger partial charge on any atom is 0.313 e. The molecule has 24 heavy (non-hydrogen) atoms. The van der Waals surface area contributed by atoms with Crippen LogP contribution in [-0.2, 0) is 9.59 Å². The third-order valence-corrected chi connectivity index (χ3v) is 4.48. The van der Waals surface area contributed by atoms with Gasteiger partial charge < -0.3 is 15.4 Å². The van der Waals surface area contributed by atoms with Crippen molar-refractivity contribution in [2.75, 3.05) is 11.9 Å². The molecule has 1 aromatic carbocycles. The Hall–Kier alpha value is -2.12. The largest absolute Gasteiger partial charge is 0.491 e. The molecule has 0 aliphatic heterocycles. The van der Waals surface area contributed by atoms with E-state index in [9.17, 15) is 14.0 Å². The summed E-state index contributed by atoms with van der Waals surface area (Å²) in [5, 5.41) is 4.90. The second kappa shape index (κ2) is 8.12. The van der Waals surface area contributed by atoms with Crippen molar-refractivity contribution >= 4 is 40.4 Å². The number of nitrogens with one attached hydrogen (secondary N) is 2. The number of amides is 2. The summed E-state index contributed by atoms with van der Waals surface area (Å²) >= 11 is 7.16. The summed E-state index contributed by atoms with van der Waals surface area (Å²) in [6, 6.07) is 7.08. The summed E-state index contributed by atoms with van der Waals surface area (Å²) in [7, 11) is 0. The van der Waals surface area contributed by atoms with Crippen LogP contribution < -0.4 is 15.4 Å². The van der Waals surface area contributed by atoms with Crippen molar-refractivity contribution < 1.29 is 18.7 Å². The number of carbonyl (C=O) groups excluding carboxylic acids is 2. The predicted octanol–water partition coefficient (Wildman–Crippen LogP) is 3.76. The Kier molecular flexibility index (Phi) is 6.16. The Morgan fingerprint density at radius 3 is 2.62 bits per heavy atom. The van der Waals surface area contributed by atoms with E-state index in [1.807, 2.05) is 0 Å². The number of hydrogen-bond acceptors (Lipinski definition) is 4. The van der Waals surface area contributed by atoms with Crippen LogP contribution in [0.5, 0.6) is 5.75 Å². The van der Waals surface area contributed by atoms with Gasteiger partial charge in [0, 0.05) is 16.6 Å². The van der Waals surface area contributed by atoms with E-state index < -0.39 is 17.6 Å². The van der Waals surface area contributed by atoms with Crippen LogP contribution in [-0.4, -0.2) is 18.4 Å². The number of benzene rings is 1. The van der Waals surface area contributed by atoms with Gasteiger partial charge in [0.1, 0.15) is 0 Å².